The highest BCUT2D eigenvalue weighted by atomic mass is 32.2. The molecule has 18 heavy (non-hydrogen) atoms. The van der Waals surface area contributed by atoms with Gasteiger partial charge in [0.05, 0.1) is 0 Å². The smallest absolute Gasteiger partial charge is 0.220 e. The number of hydrogen-bond acceptors (Lipinski definition) is 3. The van der Waals surface area contributed by atoms with E-state index in [1.54, 1.807) is 0 Å². The molecule has 1 saturated carbocycles. The lowest BCUT2D eigenvalue weighted by Crippen LogP contribution is -2.41. The third-order valence-electron chi connectivity index (χ3n) is 3.87. The SMILES string of the molecule is CSC1(CNC(=O)CCCC(C)N)CCCCC1. The lowest BCUT2D eigenvalue weighted by Gasteiger charge is -2.35. The van der Waals surface area contributed by atoms with Gasteiger partial charge in [0.1, 0.15) is 0 Å². The molecule has 1 atom stereocenters. The molecule has 1 rings (SSSR count). The third-order valence-corrected chi connectivity index (χ3v) is 5.29. The molecular weight excluding hydrogens is 244 g/mol. The van der Waals surface area contributed by atoms with E-state index in [0.717, 1.165) is 19.4 Å². The minimum atomic E-state index is 0.189. The van der Waals surface area contributed by atoms with Crippen molar-refractivity contribution in [1.29, 1.82) is 0 Å². The molecule has 0 radical (unpaired) electrons. The van der Waals surface area contributed by atoms with Crippen molar-refractivity contribution in [2.24, 2.45) is 5.73 Å². The maximum atomic E-state index is 11.8. The number of carbonyl (C=O) groups is 1. The Labute approximate surface area is 116 Å². The maximum absolute atomic E-state index is 11.8. The zero-order chi connectivity index (χ0) is 13.4. The second kappa shape index (κ2) is 8.05. The van der Waals surface area contributed by atoms with E-state index in [1.165, 1.54) is 32.1 Å². The summed E-state index contributed by atoms with van der Waals surface area (Å²) in [5.74, 6) is 0.189. The van der Waals surface area contributed by atoms with Crippen LogP contribution in [-0.2, 0) is 4.79 Å². The highest BCUT2D eigenvalue weighted by Gasteiger charge is 2.31. The van der Waals surface area contributed by atoms with Crippen molar-refractivity contribution in [2.75, 3.05) is 12.8 Å². The van der Waals surface area contributed by atoms with Crippen LogP contribution in [0.1, 0.15) is 58.3 Å². The summed E-state index contributed by atoms with van der Waals surface area (Å²) in [6.07, 6.45) is 11.1. The van der Waals surface area contributed by atoms with Crippen molar-refractivity contribution in [3.8, 4) is 0 Å². The van der Waals surface area contributed by atoms with Gasteiger partial charge >= 0.3 is 0 Å². The first-order valence-electron chi connectivity index (χ1n) is 7.15. The second-order valence-electron chi connectivity index (χ2n) is 5.59. The van der Waals surface area contributed by atoms with Gasteiger partial charge in [-0.25, -0.2) is 0 Å². The molecule has 1 aliphatic carbocycles. The third kappa shape index (κ3) is 5.61. The zero-order valence-electron chi connectivity index (χ0n) is 11.8. The predicted molar refractivity (Wildman–Crippen MR) is 79.8 cm³/mol. The van der Waals surface area contributed by atoms with Crippen LogP contribution in [0.4, 0.5) is 0 Å². The number of nitrogens with two attached hydrogens (primary N) is 1. The standard InChI is InChI=1S/C14H28N2OS/c1-12(15)7-6-8-13(17)16-11-14(18-2)9-4-3-5-10-14/h12H,3-11,15H2,1-2H3,(H,16,17). The Morgan fingerprint density at radius 2 is 2.06 bits per heavy atom. The summed E-state index contributed by atoms with van der Waals surface area (Å²) < 4.78 is 0.301. The van der Waals surface area contributed by atoms with Crippen LogP contribution in [0, 0.1) is 0 Å². The molecule has 0 bridgehead atoms. The topological polar surface area (TPSA) is 55.1 Å². The first-order chi connectivity index (χ1) is 8.58. The van der Waals surface area contributed by atoms with Crippen LogP contribution in [0.25, 0.3) is 0 Å². The Bertz CT molecular complexity index is 250. The number of hydrogen-bond donors (Lipinski definition) is 2. The molecule has 0 saturated heterocycles. The Morgan fingerprint density at radius 3 is 2.61 bits per heavy atom. The van der Waals surface area contributed by atoms with Gasteiger partial charge in [0.15, 0.2) is 0 Å². The van der Waals surface area contributed by atoms with Crippen molar-refractivity contribution in [3.05, 3.63) is 0 Å². The zero-order valence-corrected chi connectivity index (χ0v) is 12.7. The Kier molecular flexibility index (Phi) is 7.08. The van der Waals surface area contributed by atoms with Gasteiger partial charge in [0, 0.05) is 23.8 Å². The van der Waals surface area contributed by atoms with Crippen molar-refractivity contribution < 1.29 is 4.79 Å². The van der Waals surface area contributed by atoms with Gasteiger partial charge in [-0.3, -0.25) is 4.79 Å². The van der Waals surface area contributed by atoms with E-state index >= 15 is 0 Å². The van der Waals surface area contributed by atoms with Crippen molar-refractivity contribution >= 4 is 17.7 Å². The van der Waals surface area contributed by atoms with E-state index in [4.69, 9.17) is 5.73 Å². The fourth-order valence-corrected chi connectivity index (χ4v) is 3.50. The summed E-state index contributed by atoms with van der Waals surface area (Å²) in [5, 5.41) is 3.12. The fraction of sp³-hybridized carbons (Fsp3) is 0.929. The molecule has 4 heteroatoms. The average Bonchev–Trinajstić information content (AvgIpc) is 2.37. The summed E-state index contributed by atoms with van der Waals surface area (Å²) in [6, 6.07) is 0.202. The van der Waals surface area contributed by atoms with Gasteiger partial charge in [-0.05, 0) is 38.9 Å². The van der Waals surface area contributed by atoms with Gasteiger partial charge in [-0.1, -0.05) is 19.3 Å². The second-order valence-corrected chi connectivity index (χ2v) is 6.87. The van der Waals surface area contributed by atoms with E-state index < -0.39 is 0 Å². The molecule has 0 spiro atoms. The minimum absolute atomic E-state index is 0.189. The lowest BCUT2D eigenvalue weighted by molar-refractivity contribution is -0.121. The van der Waals surface area contributed by atoms with Gasteiger partial charge in [-0.15, -0.1) is 0 Å². The van der Waals surface area contributed by atoms with E-state index in [-0.39, 0.29) is 11.9 Å². The predicted octanol–water partition coefficient (Wildman–Crippen LogP) is 2.69. The van der Waals surface area contributed by atoms with Gasteiger partial charge in [0.25, 0.3) is 0 Å². The quantitative estimate of drug-likeness (QED) is 0.749. The molecule has 106 valence electrons. The number of carbonyl (C=O) groups excluding carboxylic acids is 1. The molecule has 1 fully saturated rings. The normalized spacial score (nSPS) is 20.4. The van der Waals surface area contributed by atoms with Crippen LogP contribution in [0.2, 0.25) is 0 Å². The highest BCUT2D eigenvalue weighted by Crippen LogP contribution is 2.37. The summed E-state index contributed by atoms with van der Waals surface area (Å²) in [6.45, 7) is 2.83. The van der Waals surface area contributed by atoms with Gasteiger partial charge < -0.3 is 11.1 Å². The van der Waals surface area contributed by atoms with Crippen molar-refractivity contribution in [2.45, 2.75) is 69.1 Å². The molecular formula is C14H28N2OS. The lowest BCUT2D eigenvalue weighted by atomic mass is 9.88. The van der Waals surface area contributed by atoms with Crippen LogP contribution in [0.15, 0.2) is 0 Å². The fourth-order valence-electron chi connectivity index (χ4n) is 2.58. The van der Waals surface area contributed by atoms with Crippen LogP contribution < -0.4 is 11.1 Å². The molecule has 1 aliphatic rings. The number of amides is 1. The van der Waals surface area contributed by atoms with Crippen LogP contribution >= 0.6 is 11.8 Å². The van der Waals surface area contributed by atoms with Gasteiger partial charge in [-0.2, -0.15) is 11.8 Å². The van der Waals surface area contributed by atoms with Crippen molar-refractivity contribution in [1.82, 2.24) is 5.32 Å². The molecule has 1 amide bonds. The Morgan fingerprint density at radius 1 is 1.39 bits per heavy atom. The Hall–Kier alpha value is -0.220. The summed E-state index contributed by atoms with van der Waals surface area (Å²) in [5.41, 5.74) is 5.68. The molecule has 1 unspecified atom stereocenters. The van der Waals surface area contributed by atoms with Crippen LogP contribution in [0.3, 0.4) is 0 Å². The van der Waals surface area contributed by atoms with Crippen molar-refractivity contribution in [3.63, 3.8) is 0 Å². The highest BCUT2D eigenvalue weighted by molar-refractivity contribution is 8.00. The number of nitrogens with one attached hydrogen (secondary N) is 1. The van der Waals surface area contributed by atoms with Gasteiger partial charge in [0.2, 0.25) is 5.91 Å². The largest absolute Gasteiger partial charge is 0.355 e. The summed E-state index contributed by atoms with van der Waals surface area (Å²) in [7, 11) is 0. The number of thioether (sulfide) groups is 1. The monoisotopic (exact) mass is 272 g/mol. The molecule has 3 nitrogen and oxygen atoms in total. The Balaban J connectivity index is 2.23. The van der Waals surface area contributed by atoms with Crippen LogP contribution in [0.5, 0.6) is 0 Å². The first-order valence-corrected chi connectivity index (χ1v) is 8.38. The van der Waals surface area contributed by atoms with E-state index in [1.807, 2.05) is 18.7 Å². The molecule has 0 aromatic carbocycles. The number of rotatable bonds is 7. The van der Waals surface area contributed by atoms with E-state index in [9.17, 15) is 4.79 Å². The maximum Gasteiger partial charge on any atom is 0.220 e. The summed E-state index contributed by atoms with van der Waals surface area (Å²) >= 11 is 1.93. The molecule has 0 aromatic rings. The molecule has 3 N–H and O–H groups in total. The molecule has 0 heterocycles. The average molecular weight is 272 g/mol. The van der Waals surface area contributed by atoms with Crippen LogP contribution in [-0.4, -0.2) is 29.5 Å². The summed E-state index contributed by atoms with van der Waals surface area (Å²) in [4.78, 5) is 11.8. The first kappa shape index (κ1) is 15.8. The van der Waals surface area contributed by atoms with E-state index in [2.05, 4.69) is 11.6 Å². The molecule has 0 aromatic heterocycles. The van der Waals surface area contributed by atoms with E-state index in [0.29, 0.717) is 11.2 Å². The molecule has 0 aliphatic heterocycles. The minimum Gasteiger partial charge on any atom is -0.355 e.